The van der Waals surface area contributed by atoms with Crippen LogP contribution in [0.2, 0.25) is 0 Å². The molecule has 0 heterocycles. The SMILES string of the molecule is CC(C)(C)c1cc(C(C)(C)C)c(O)c([P+](CC(O)c2ccccc2)(c2ccccc2)c2ccccc2)c1. The zero-order valence-corrected chi connectivity index (χ0v) is 23.8. The maximum absolute atomic E-state index is 12.1. The van der Waals surface area contributed by atoms with E-state index in [-0.39, 0.29) is 10.8 Å². The van der Waals surface area contributed by atoms with E-state index in [2.05, 4.69) is 102 Å². The summed E-state index contributed by atoms with van der Waals surface area (Å²) in [5, 5.41) is 27.1. The van der Waals surface area contributed by atoms with E-state index in [1.807, 2.05) is 42.5 Å². The maximum Gasteiger partial charge on any atom is 0.162 e. The van der Waals surface area contributed by atoms with Gasteiger partial charge >= 0.3 is 0 Å². The van der Waals surface area contributed by atoms with Gasteiger partial charge in [-0.25, -0.2) is 0 Å². The van der Waals surface area contributed by atoms with E-state index in [9.17, 15) is 10.2 Å². The van der Waals surface area contributed by atoms with Crippen LogP contribution < -0.4 is 15.9 Å². The Balaban J connectivity index is 2.13. The van der Waals surface area contributed by atoms with E-state index < -0.39 is 13.4 Å². The van der Waals surface area contributed by atoms with Crippen molar-refractivity contribution in [2.45, 2.75) is 58.5 Å². The maximum atomic E-state index is 12.1. The first kappa shape index (κ1) is 27.1. The second kappa shape index (κ2) is 10.4. The molecule has 4 aromatic rings. The molecule has 4 aromatic carbocycles. The van der Waals surface area contributed by atoms with Gasteiger partial charge in [-0.1, -0.05) is 114 Å². The molecule has 0 amide bonds. The second-order valence-corrected chi connectivity index (χ2v) is 15.5. The third-order valence-electron chi connectivity index (χ3n) is 7.20. The molecule has 0 saturated heterocycles. The van der Waals surface area contributed by atoms with Crippen molar-refractivity contribution in [2.75, 3.05) is 6.16 Å². The molecule has 0 spiro atoms. The Kier molecular flexibility index (Phi) is 7.65. The number of phenolic OH excluding ortho intramolecular Hbond substituents is 1. The number of phenols is 1. The average Bonchev–Trinajstić information content (AvgIpc) is 2.87. The second-order valence-electron chi connectivity index (χ2n) is 12.0. The summed E-state index contributed by atoms with van der Waals surface area (Å²) in [6.45, 7) is 13.1. The first-order valence-corrected chi connectivity index (χ1v) is 15.0. The van der Waals surface area contributed by atoms with Crippen LogP contribution >= 0.6 is 7.26 Å². The molecule has 4 rings (SSSR count). The van der Waals surface area contributed by atoms with Gasteiger partial charge in [-0.15, -0.1) is 0 Å². The van der Waals surface area contributed by atoms with Gasteiger partial charge in [-0.2, -0.15) is 0 Å². The minimum atomic E-state index is -2.51. The van der Waals surface area contributed by atoms with Crippen molar-refractivity contribution >= 4 is 23.2 Å². The van der Waals surface area contributed by atoms with Gasteiger partial charge in [0.15, 0.2) is 5.75 Å². The highest BCUT2D eigenvalue weighted by molar-refractivity contribution is 7.95. The standard InChI is InChI=1S/C34H39O2P/c1-33(2,3)26-22-29(34(4,5)6)32(36)31(23-26)37(27-18-12-8-13-19-27,28-20-14-9-15-21-28)24-30(35)25-16-10-7-11-17-25/h7-23,30,35H,24H2,1-6H3/p+1. The predicted octanol–water partition coefficient (Wildman–Crippen LogP) is 7.01. The molecule has 0 aliphatic rings. The number of aliphatic hydroxyl groups excluding tert-OH is 1. The normalized spacial score (nSPS) is 13.4. The Morgan fingerprint density at radius 3 is 1.54 bits per heavy atom. The van der Waals surface area contributed by atoms with E-state index in [0.29, 0.717) is 11.9 Å². The molecular formula is C34H40O2P+. The zero-order chi connectivity index (χ0) is 26.8. The van der Waals surface area contributed by atoms with Crippen molar-refractivity contribution in [1.29, 1.82) is 0 Å². The van der Waals surface area contributed by atoms with Crippen LogP contribution in [0.4, 0.5) is 0 Å². The largest absolute Gasteiger partial charge is 0.504 e. The molecule has 0 aliphatic carbocycles. The van der Waals surface area contributed by atoms with Crippen LogP contribution in [0.5, 0.6) is 5.75 Å². The van der Waals surface area contributed by atoms with E-state index in [1.54, 1.807) is 0 Å². The summed E-state index contributed by atoms with van der Waals surface area (Å²) in [5.41, 5.74) is 2.67. The first-order chi connectivity index (χ1) is 17.4. The summed E-state index contributed by atoms with van der Waals surface area (Å²) in [5.74, 6) is 0.349. The number of aliphatic hydroxyl groups is 1. The fourth-order valence-electron chi connectivity index (χ4n) is 5.06. The predicted molar refractivity (Wildman–Crippen MR) is 160 cm³/mol. The third kappa shape index (κ3) is 5.52. The van der Waals surface area contributed by atoms with Gasteiger partial charge in [0, 0.05) is 5.56 Å². The lowest BCUT2D eigenvalue weighted by Crippen LogP contribution is -2.37. The lowest BCUT2D eigenvalue weighted by atomic mass is 9.80. The highest BCUT2D eigenvalue weighted by atomic mass is 31.2. The van der Waals surface area contributed by atoms with Gasteiger partial charge < -0.3 is 10.2 Å². The molecule has 192 valence electrons. The Morgan fingerprint density at radius 1 is 0.649 bits per heavy atom. The quantitative estimate of drug-likeness (QED) is 0.273. The van der Waals surface area contributed by atoms with Crippen LogP contribution in [0.25, 0.3) is 0 Å². The number of benzene rings is 4. The molecule has 0 radical (unpaired) electrons. The zero-order valence-electron chi connectivity index (χ0n) is 22.9. The monoisotopic (exact) mass is 511 g/mol. The summed E-state index contributed by atoms with van der Waals surface area (Å²) in [4.78, 5) is 0. The van der Waals surface area contributed by atoms with Gasteiger partial charge in [0.25, 0.3) is 0 Å². The summed E-state index contributed by atoms with van der Waals surface area (Å²) < 4.78 is 0. The van der Waals surface area contributed by atoms with Crippen molar-refractivity contribution in [3.05, 3.63) is 120 Å². The van der Waals surface area contributed by atoms with Crippen molar-refractivity contribution in [1.82, 2.24) is 0 Å². The Morgan fingerprint density at radius 2 is 1.11 bits per heavy atom. The van der Waals surface area contributed by atoms with Crippen molar-refractivity contribution in [3.63, 3.8) is 0 Å². The smallest absolute Gasteiger partial charge is 0.162 e. The van der Waals surface area contributed by atoms with Crippen LogP contribution in [0, 0.1) is 0 Å². The molecule has 2 N–H and O–H groups in total. The van der Waals surface area contributed by atoms with Crippen LogP contribution in [0.1, 0.15) is 64.3 Å². The van der Waals surface area contributed by atoms with Gasteiger partial charge in [0.2, 0.25) is 0 Å². The average molecular weight is 512 g/mol. The molecule has 37 heavy (non-hydrogen) atoms. The Labute approximate surface area is 223 Å². The molecular weight excluding hydrogens is 471 g/mol. The highest BCUT2D eigenvalue weighted by Crippen LogP contribution is 2.60. The van der Waals surface area contributed by atoms with Crippen molar-refractivity contribution in [3.8, 4) is 5.75 Å². The summed E-state index contributed by atoms with van der Waals surface area (Å²) in [6.07, 6.45) is -0.193. The molecule has 0 bridgehead atoms. The first-order valence-electron chi connectivity index (χ1n) is 13.1. The summed E-state index contributed by atoms with van der Waals surface area (Å²) in [7, 11) is -2.51. The molecule has 0 fully saturated rings. The van der Waals surface area contributed by atoms with E-state index in [1.165, 1.54) is 5.56 Å². The number of aromatic hydroxyl groups is 1. The molecule has 1 atom stereocenters. The molecule has 0 saturated carbocycles. The topological polar surface area (TPSA) is 40.5 Å². The molecule has 3 heteroatoms. The Hall–Kier alpha value is -2.93. The fraction of sp³-hybridized carbons (Fsp3) is 0.294. The molecule has 0 aliphatic heterocycles. The van der Waals surface area contributed by atoms with E-state index >= 15 is 0 Å². The minimum Gasteiger partial charge on any atom is -0.504 e. The van der Waals surface area contributed by atoms with Crippen molar-refractivity contribution in [2.24, 2.45) is 0 Å². The number of hydrogen-bond donors (Lipinski definition) is 2. The minimum absolute atomic E-state index is 0.108. The van der Waals surface area contributed by atoms with Gasteiger partial charge in [-0.3, -0.25) is 0 Å². The summed E-state index contributed by atoms with van der Waals surface area (Å²) >= 11 is 0. The highest BCUT2D eigenvalue weighted by Gasteiger charge is 2.50. The van der Waals surface area contributed by atoms with E-state index in [4.69, 9.17) is 0 Å². The number of hydrogen-bond acceptors (Lipinski definition) is 2. The van der Waals surface area contributed by atoms with Crippen molar-refractivity contribution < 1.29 is 10.2 Å². The fourth-order valence-corrected chi connectivity index (χ4v) is 9.46. The third-order valence-corrected chi connectivity index (χ3v) is 11.6. The lowest BCUT2D eigenvalue weighted by molar-refractivity contribution is 0.203. The van der Waals surface area contributed by atoms with Crippen LogP contribution in [0.3, 0.4) is 0 Å². The van der Waals surface area contributed by atoms with Gasteiger partial charge in [-0.05, 0) is 52.3 Å². The molecule has 2 nitrogen and oxygen atoms in total. The van der Waals surface area contributed by atoms with Crippen LogP contribution in [-0.2, 0) is 10.8 Å². The van der Waals surface area contributed by atoms with Gasteiger partial charge in [0.05, 0.1) is 0 Å². The lowest BCUT2D eigenvalue weighted by Gasteiger charge is -2.33. The molecule has 0 aromatic heterocycles. The molecule has 1 unspecified atom stereocenters. The summed E-state index contributed by atoms with van der Waals surface area (Å²) in [6, 6.07) is 35.3. The van der Waals surface area contributed by atoms with Crippen LogP contribution in [0.15, 0.2) is 103 Å². The van der Waals surface area contributed by atoms with Gasteiger partial charge in [0.1, 0.15) is 35.4 Å². The van der Waals surface area contributed by atoms with E-state index in [0.717, 1.165) is 27.0 Å². The Bertz CT molecular complexity index is 1280. The number of rotatable bonds is 6. The van der Waals surface area contributed by atoms with Crippen LogP contribution in [-0.4, -0.2) is 16.4 Å².